The molecular weight excluding hydrogens is 532 g/mol. The summed E-state index contributed by atoms with van der Waals surface area (Å²) in [6, 6.07) is 20.4. The lowest BCUT2D eigenvalue weighted by Crippen LogP contribution is -2.23. The minimum Gasteiger partial charge on any atom is -0.478 e. The van der Waals surface area contributed by atoms with Gasteiger partial charge in [0.05, 0.1) is 22.7 Å². The standard InChI is InChI=1S/C29H25BrN4O3/c1-3-18(2)27-32-25-13-12-22(30)14-24(25)28(35)34(27)31-15-21-17-33(26-7-5-4-6-23(21)26)16-19-8-10-20(11-9-19)29(36)37/h4-15,17-18H,3,16H2,1-2H3,(H,36,37)/t18-/m1/s1. The maximum Gasteiger partial charge on any atom is 0.335 e. The number of hydrogen-bond acceptors (Lipinski definition) is 4. The highest BCUT2D eigenvalue weighted by molar-refractivity contribution is 9.10. The number of carbonyl (C=O) groups is 1. The summed E-state index contributed by atoms with van der Waals surface area (Å²) in [5, 5.41) is 15.3. The first-order valence-corrected chi connectivity index (χ1v) is 12.8. The van der Waals surface area contributed by atoms with Gasteiger partial charge in [-0.15, -0.1) is 0 Å². The molecule has 186 valence electrons. The van der Waals surface area contributed by atoms with Gasteiger partial charge in [-0.3, -0.25) is 4.79 Å². The third-order valence-corrected chi connectivity index (χ3v) is 7.07. The van der Waals surface area contributed by atoms with Gasteiger partial charge in [-0.1, -0.05) is 60.1 Å². The molecule has 0 aliphatic heterocycles. The van der Waals surface area contributed by atoms with Crippen LogP contribution in [0.5, 0.6) is 0 Å². The maximum atomic E-state index is 13.5. The van der Waals surface area contributed by atoms with Crippen LogP contribution in [-0.2, 0) is 6.54 Å². The van der Waals surface area contributed by atoms with Crippen molar-refractivity contribution in [1.82, 2.24) is 14.2 Å². The van der Waals surface area contributed by atoms with E-state index in [0.717, 1.165) is 32.9 Å². The molecule has 3 aromatic carbocycles. The van der Waals surface area contributed by atoms with Crippen LogP contribution in [0.25, 0.3) is 21.8 Å². The molecule has 0 radical (unpaired) electrons. The number of aromatic nitrogens is 3. The zero-order valence-corrected chi connectivity index (χ0v) is 22.0. The fourth-order valence-corrected chi connectivity index (χ4v) is 4.72. The van der Waals surface area contributed by atoms with Gasteiger partial charge in [-0.05, 0) is 48.4 Å². The van der Waals surface area contributed by atoms with Crippen LogP contribution in [0.2, 0.25) is 0 Å². The van der Waals surface area contributed by atoms with E-state index in [0.29, 0.717) is 23.3 Å². The first kappa shape index (κ1) is 24.6. The van der Waals surface area contributed by atoms with E-state index in [4.69, 9.17) is 4.98 Å². The molecule has 5 rings (SSSR count). The number of carboxylic acids is 1. The van der Waals surface area contributed by atoms with Gasteiger partial charge in [0.25, 0.3) is 5.56 Å². The van der Waals surface area contributed by atoms with E-state index in [1.54, 1.807) is 24.4 Å². The van der Waals surface area contributed by atoms with Crippen LogP contribution in [0.3, 0.4) is 0 Å². The third-order valence-electron chi connectivity index (χ3n) is 6.57. The van der Waals surface area contributed by atoms with E-state index >= 15 is 0 Å². The second kappa shape index (κ2) is 10.1. The quantitative estimate of drug-likeness (QED) is 0.240. The molecule has 0 unspecified atom stereocenters. The van der Waals surface area contributed by atoms with E-state index < -0.39 is 5.97 Å². The van der Waals surface area contributed by atoms with Gasteiger partial charge in [0, 0.05) is 39.6 Å². The van der Waals surface area contributed by atoms with Gasteiger partial charge >= 0.3 is 5.97 Å². The Morgan fingerprint density at radius 3 is 2.59 bits per heavy atom. The van der Waals surface area contributed by atoms with Crippen molar-refractivity contribution in [2.45, 2.75) is 32.7 Å². The summed E-state index contributed by atoms with van der Waals surface area (Å²) in [6.45, 7) is 4.67. The zero-order chi connectivity index (χ0) is 26.1. The van der Waals surface area contributed by atoms with Gasteiger partial charge < -0.3 is 9.67 Å². The number of rotatable bonds is 7. The fourth-order valence-electron chi connectivity index (χ4n) is 4.36. The second-order valence-corrected chi connectivity index (χ2v) is 9.95. The molecule has 0 saturated carbocycles. The monoisotopic (exact) mass is 556 g/mol. The van der Waals surface area contributed by atoms with Gasteiger partial charge in [-0.2, -0.15) is 9.78 Å². The number of halogens is 1. The molecule has 0 amide bonds. The predicted molar refractivity (Wildman–Crippen MR) is 150 cm³/mol. The van der Waals surface area contributed by atoms with E-state index in [9.17, 15) is 14.7 Å². The molecule has 37 heavy (non-hydrogen) atoms. The normalized spacial score (nSPS) is 12.5. The lowest BCUT2D eigenvalue weighted by atomic mass is 10.1. The minimum atomic E-state index is -0.945. The highest BCUT2D eigenvalue weighted by Crippen LogP contribution is 2.23. The van der Waals surface area contributed by atoms with Gasteiger partial charge in [-0.25, -0.2) is 9.78 Å². The summed E-state index contributed by atoms with van der Waals surface area (Å²) >= 11 is 3.45. The van der Waals surface area contributed by atoms with E-state index in [1.807, 2.05) is 61.7 Å². The van der Waals surface area contributed by atoms with Crippen molar-refractivity contribution < 1.29 is 9.90 Å². The van der Waals surface area contributed by atoms with Crippen molar-refractivity contribution in [2.75, 3.05) is 0 Å². The Morgan fingerprint density at radius 1 is 1.11 bits per heavy atom. The minimum absolute atomic E-state index is 0.0491. The molecule has 0 aliphatic carbocycles. The average Bonchev–Trinajstić information content (AvgIpc) is 3.25. The summed E-state index contributed by atoms with van der Waals surface area (Å²) in [5.41, 5.74) is 3.57. The Bertz CT molecular complexity index is 1720. The Hall–Kier alpha value is -4.04. The number of nitrogens with zero attached hydrogens (tertiary/aromatic N) is 4. The van der Waals surface area contributed by atoms with Crippen molar-refractivity contribution >= 4 is 49.9 Å². The fraction of sp³-hybridized carbons (Fsp3) is 0.172. The van der Waals surface area contributed by atoms with Crippen molar-refractivity contribution in [2.24, 2.45) is 5.10 Å². The highest BCUT2D eigenvalue weighted by Gasteiger charge is 2.16. The molecule has 2 heterocycles. The van der Waals surface area contributed by atoms with Crippen molar-refractivity contribution in [3.8, 4) is 0 Å². The van der Waals surface area contributed by atoms with E-state index in [-0.39, 0.29) is 17.0 Å². The molecule has 2 aromatic heterocycles. The molecular formula is C29H25BrN4O3. The van der Waals surface area contributed by atoms with E-state index in [1.165, 1.54) is 4.68 Å². The van der Waals surface area contributed by atoms with Gasteiger partial charge in [0.15, 0.2) is 0 Å². The number of fused-ring (bicyclic) bond motifs is 2. The summed E-state index contributed by atoms with van der Waals surface area (Å²) in [5.74, 6) is -0.271. The second-order valence-electron chi connectivity index (χ2n) is 9.03. The Balaban J connectivity index is 1.58. The van der Waals surface area contributed by atoms with E-state index in [2.05, 4.69) is 32.5 Å². The van der Waals surface area contributed by atoms with Crippen LogP contribution in [0.15, 0.2) is 87.3 Å². The molecule has 0 fully saturated rings. The molecule has 8 heteroatoms. The summed E-state index contributed by atoms with van der Waals surface area (Å²) in [6.07, 6.45) is 4.54. The Kier molecular flexibility index (Phi) is 6.76. The maximum absolute atomic E-state index is 13.5. The lowest BCUT2D eigenvalue weighted by Gasteiger charge is -2.13. The van der Waals surface area contributed by atoms with Crippen LogP contribution < -0.4 is 5.56 Å². The molecule has 5 aromatic rings. The van der Waals surface area contributed by atoms with Crippen LogP contribution in [0.1, 0.15) is 53.5 Å². The number of hydrogen-bond donors (Lipinski definition) is 1. The third kappa shape index (κ3) is 4.84. The van der Waals surface area contributed by atoms with Gasteiger partial charge in [0.2, 0.25) is 0 Å². The van der Waals surface area contributed by atoms with Crippen molar-refractivity contribution in [3.63, 3.8) is 0 Å². The number of carboxylic acid groups (broad SMARTS) is 1. The highest BCUT2D eigenvalue weighted by atomic mass is 79.9. The molecule has 0 saturated heterocycles. The van der Waals surface area contributed by atoms with Crippen molar-refractivity contribution in [3.05, 3.63) is 110 Å². The molecule has 0 aliphatic rings. The first-order valence-electron chi connectivity index (χ1n) is 12.0. The van der Waals surface area contributed by atoms with Crippen LogP contribution in [-0.4, -0.2) is 31.5 Å². The van der Waals surface area contributed by atoms with Crippen molar-refractivity contribution in [1.29, 1.82) is 0 Å². The summed E-state index contributed by atoms with van der Waals surface area (Å²) < 4.78 is 4.32. The number of aromatic carboxylic acids is 1. The zero-order valence-electron chi connectivity index (χ0n) is 20.4. The summed E-state index contributed by atoms with van der Waals surface area (Å²) in [4.78, 5) is 29.4. The molecule has 7 nitrogen and oxygen atoms in total. The predicted octanol–water partition coefficient (Wildman–Crippen LogP) is 6.26. The van der Waals surface area contributed by atoms with Crippen LogP contribution in [0.4, 0.5) is 0 Å². The molecule has 1 atom stereocenters. The Labute approximate surface area is 221 Å². The Morgan fingerprint density at radius 2 is 1.86 bits per heavy atom. The SMILES string of the molecule is CC[C@@H](C)c1nc2ccc(Br)cc2c(=O)n1N=Cc1cn(Cc2ccc(C(=O)O)cc2)c2ccccc12. The lowest BCUT2D eigenvalue weighted by molar-refractivity contribution is 0.0697. The number of para-hydroxylation sites is 1. The van der Waals surface area contributed by atoms with Crippen LogP contribution in [0, 0.1) is 0 Å². The van der Waals surface area contributed by atoms with Gasteiger partial charge in [0.1, 0.15) is 5.82 Å². The van der Waals surface area contributed by atoms with Crippen LogP contribution >= 0.6 is 15.9 Å². The first-order chi connectivity index (χ1) is 17.9. The molecule has 0 bridgehead atoms. The topological polar surface area (TPSA) is 89.5 Å². The summed E-state index contributed by atoms with van der Waals surface area (Å²) in [7, 11) is 0. The molecule has 1 N–H and O–H groups in total. The number of benzene rings is 3. The largest absolute Gasteiger partial charge is 0.478 e. The molecule has 0 spiro atoms. The smallest absolute Gasteiger partial charge is 0.335 e. The average molecular weight is 557 g/mol.